The van der Waals surface area contributed by atoms with Gasteiger partial charge in [-0.2, -0.15) is 5.10 Å². The molecule has 2 aromatic rings. The summed E-state index contributed by atoms with van der Waals surface area (Å²) in [5, 5.41) is 14.2. The molecule has 1 unspecified atom stereocenters. The summed E-state index contributed by atoms with van der Waals surface area (Å²) in [5.74, 6) is -0.435. The Hall–Kier alpha value is -2.67. The van der Waals surface area contributed by atoms with Crippen LogP contribution in [0.4, 0.5) is 0 Å². The van der Waals surface area contributed by atoms with Crippen molar-refractivity contribution in [3.63, 3.8) is 0 Å². The van der Waals surface area contributed by atoms with E-state index < -0.39 is 6.10 Å². The van der Waals surface area contributed by atoms with Gasteiger partial charge < -0.3 is 14.9 Å². The molecule has 1 aromatic heterocycles. The van der Waals surface area contributed by atoms with Gasteiger partial charge in [0.1, 0.15) is 6.54 Å². The van der Waals surface area contributed by atoms with Crippen molar-refractivity contribution in [3.05, 3.63) is 53.9 Å². The molecule has 2 amide bonds. The Morgan fingerprint density at radius 1 is 1.28 bits per heavy atom. The summed E-state index contributed by atoms with van der Waals surface area (Å²) < 4.78 is 1.54. The van der Waals surface area contributed by atoms with E-state index in [1.807, 2.05) is 30.3 Å². The molecular weight excluding hydrogens is 320 g/mol. The number of rotatable bonds is 4. The van der Waals surface area contributed by atoms with Crippen molar-refractivity contribution in [2.75, 3.05) is 26.2 Å². The topological polar surface area (TPSA) is 78.7 Å². The molecule has 7 nitrogen and oxygen atoms in total. The Balaban J connectivity index is 1.65. The van der Waals surface area contributed by atoms with Crippen LogP contribution < -0.4 is 0 Å². The zero-order valence-electron chi connectivity index (χ0n) is 14.2. The minimum absolute atomic E-state index is 0.0282. The highest BCUT2D eigenvalue weighted by Crippen LogP contribution is 2.11. The first kappa shape index (κ1) is 17.2. The molecule has 25 heavy (non-hydrogen) atoms. The normalized spacial score (nSPS) is 18.3. The fourth-order valence-corrected chi connectivity index (χ4v) is 2.99. The van der Waals surface area contributed by atoms with E-state index >= 15 is 0 Å². The van der Waals surface area contributed by atoms with Crippen LogP contribution in [0.2, 0.25) is 0 Å². The number of β-amino-alcohol motifs (C(OH)–C–C–N with tert-alkyl or cyclic N) is 1. The lowest BCUT2D eigenvalue weighted by atomic mass is 10.1. The Morgan fingerprint density at radius 2 is 2.04 bits per heavy atom. The van der Waals surface area contributed by atoms with Gasteiger partial charge in [-0.1, -0.05) is 30.3 Å². The minimum Gasteiger partial charge on any atom is -0.389 e. The van der Waals surface area contributed by atoms with Crippen molar-refractivity contribution in [1.82, 2.24) is 19.6 Å². The van der Waals surface area contributed by atoms with Crippen molar-refractivity contribution in [2.24, 2.45) is 7.05 Å². The molecule has 0 saturated carbocycles. The third-order valence-electron chi connectivity index (χ3n) is 4.29. The van der Waals surface area contributed by atoms with Crippen molar-refractivity contribution < 1.29 is 14.7 Å². The van der Waals surface area contributed by atoms with Gasteiger partial charge in [-0.05, 0) is 12.0 Å². The predicted octanol–water partition coefficient (Wildman–Crippen LogP) is 0.308. The highest BCUT2D eigenvalue weighted by molar-refractivity contribution is 5.96. The molecule has 1 aliphatic rings. The van der Waals surface area contributed by atoms with Gasteiger partial charge in [0.05, 0.1) is 17.9 Å². The molecule has 3 rings (SSSR count). The van der Waals surface area contributed by atoms with Gasteiger partial charge in [-0.3, -0.25) is 14.3 Å². The van der Waals surface area contributed by atoms with Crippen LogP contribution in [0, 0.1) is 0 Å². The summed E-state index contributed by atoms with van der Waals surface area (Å²) in [7, 11) is 1.73. The number of hydrogen-bond acceptors (Lipinski definition) is 4. The third kappa shape index (κ3) is 4.24. The van der Waals surface area contributed by atoms with Crippen LogP contribution in [-0.4, -0.2) is 68.8 Å². The lowest BCUT2D eigenvalue weighted by molar-refractivity contribution is -0.131. The molecule has 1 aliphatic heterocycles. The standard InChI is InChI=1S/C18H22N4O3/c1-20-10-15(9-19-20)18(25)22-12-16(23)11-21(17(24)13-22)8-7-14-5-3-2-4-6-14/h2-6,9-10,16,23H,7-8,11-13H2,1H3. The molecule has 7 heteroatoms. The monoisotopic (exact) mass is 342 g/mol. The van der Waals surface area contributed by atoms with E-state index in [2.05, 4.69) is 5.10 Å². The summed E-state index contributed by atoms with van der Waals surface area (Å²) in [6, 6.07) is 9.89. The Morgan fingerprint density at radius 3 is 2.72 bits per heavy atom. The van der Waals surface area contributed by atoms with E-state index in [1.165, 1.54) is 15.8 Å². The van der Waals surface area contributed by atoms with Crippen molar-refractivity contribution in [2.45, 2.75) is 12.5 Å². The SMILES string of the molecule is Cn1cc(C(=O)N2CC(=O)N(CCc3ccccc3)CC(O)C2)cn1. The number of nitrogens with zero attached hydrogens (tertiary/aromatic N) is 4. The molecule has 1 aromatic carbocycles. The van der Waals surface area contributed by atoms with Gasteiger partial charge in [0, 0.05) is 32.9 Å². The van der Waals surface area contributed by atoms with Gasteiger partial charge in [0.25, 0.3) is 5.91 Å². The molecule has 0 spiro atoms. The second-order valence-corrected chi connectivity index (χ2v) is 6.32. The van der Waals surface area contributed by atoms with Gasteiger partial charge in [0.2, 0.25) is 5.91 Å². The summed E-state index contributed by atoms with van der Waals surface area (Å²) in [4.78, 5) is 28.1. The largest absolute Gasteiger partial charge is 0.389 e. The molecule has 2 heterocycles. The van der Waals surface area contributed by atoms with Crippen LogP contribution in [0.3, 0.4) is 0 Å². The first-order valence-corrected chi connectivity index (χ1v) is 8.30. The number of carbonyl (C=O) groups excluding carboxylic acids is 2. The lowest BCUT2D eigenvalue weighted by Crippen LogP contribution is -2.40. The molecule has 1 N–H and O–H groups in total. The molecule has 1 atom stereocenters. The maximum absolute atomic E-state index is 12.5. The summed E-state index contributed by atoms with van der Waals surface area (Å²) in [5.41, 5.74) is 1.55. The quantitative estimate of drug-likeness (QED) is 0.867. The predicted molar refractivity (Wildman–Crippen MR) is 91.8 cm³/mol. The number of aromatic nitrogens is 2. The van der Waals surface area contributed by atoms with Gasteiger partial charge in [-0.15, -0.1) is 0 Å². The van der Waals surface area contributed by atoms with Crippen molar-refractivity contribution in [1.29, 1.82) is 0 Å². The zero-order valence-corrected chi connectivity index (χ0v) is 14.2. The van der Waals surface area contributed by atoms with Crippen LogP contribution in [0.25, 0.3) is 0 Å². The van der Waals surface area contributed by atoms with E-state index in [4.69, 9.17) is 0 Å². The molecule has 0 radical (unpaired) electrons. The smallest absolute Gasteiger partial charge is 0.257 e. The maximum atomic E-state index is 12.5. The number of benzene rings is 1. The fourth-order valence-electron chi connectivity index (χ4n) is 2.99. The first-order chi connectivity index (χ1) is 12.0. The zero-order chi connectivity index (χ0) is 17.8. The Labute approximate surface area is 146 Å². The average molecular weight is 342 g/mol. The highest BCUT2D eigenvalue weighted by atomic mass is 16.3. The fraction of sp³-hybridized carbons (Fsp3) is 0.389. The number of aliphatic hydroxyl groups is 1. The van der Waals surface area contributed by atoms with Gasteiger partial charge >= 0.3 is 0 Å². The van der Waals surface area contributed by atoms with Gasteiger partial charge in [0.15, 0.2) is 0 Å². The van der Waals surface area contributed by atoms with Crippen LogP contribution in [0.5, 0.6) is 0 Å². The molecule has 1 fully saturated rings. The van der Waals surface area contributed by atoms with Crippen molar-refractivity contribution >= 4 is 11.8 Å². The van der Waals surface area contributed by atoms with Crippen LogP contribution >= 0.6 is 0 Å². The number of hydrogen-bond donors (Lipinski definition) is 1. The maximum Gasteiger partial charge on any atom is 0.257 e. The number of aliphatic hydroxyl groups excluding tert-OH is 1. The molecule has 0 bridgehead atoms. The lowest BCUT2D eigenvalue weighted by Gasteiger charge is -2.21. The molecule has 0 aliphatic carbocycles. The number of carbonyl (C=O) groups is 2. The molecule has 1 saturated heterocycles. The Kier molecular flexibility index (Phi) is 5.14. The minimum atomic E-state index is -0.761. The van der Waals surface area contributed by atoms with Crippen LogP contribution in [-0.2, 0) is 18.3 Å². The highest BCUT2D eigenvalue weighted by Gasteiger charge is 2.30. The van der Waals surface area contributed by atoms with E-state index in [0.717, 1.165) is 12.0 Å². The van der Waals surface area contributed by atoms with E-state index in [1.54, 1.807) is 18.1 Å². The first-order valence-electron chi connectivity index (χ1n) is 8.30. The molecule has 132 valence electrons. The summed E-state index contributed by atoms with van der Waals surface area (Å²) in [6.45, 7) is 0.873. The number of amides is 2. The number of aryl methyl sites for hydroxylation is 1. The summed E-state index contributed by atoms with van der Waals surface area (Å²) >= 11 is 0. The van der Waals surface area contributed by atoms with E-state index in [9.17, 15) is 14.7 Å². The van der Waals surface area contributed by atoms with Crippen molar-refractivity contribution in [3.8, 4) is 0 Å². The third-order valence-corrected chi connectivity index (χ3v) is 4.29. The Bertz CT molecular complexity index is 744. The second-order valence-electron chi connectivity index (χ2n) is 6.32. The van der Waals surface area contributed by atoms with E-state index in [-0.39, 0.29) is 31.4 Å². The van der Waals surface area contributed by atoms with Crippen LogP contribution in [0.15, 0.2) is 42.7 Å². The molecular formula is C18H22N4O3. The average Bonchev–Trinajstić information content (AvgIpc) is 2.98. The van der Waals surface area contributed by atoms with Crippen LogP contribution in [0.1, 0.15) is 15.9 Å². The summed E-state index contributed by atoms with van der Waals surface area (Å²) in [6.07, 6.45) is 3.03. The van der Waals surface area contributed by atoms with E-state index in [0.29, 0.717) is 12.1 Å². The second kappa shape index (κ2) is 7.48. The van der Waals surface area contributed by atoms with Gasteiger partial charge in [-0.25, -0.2) is 0 Å².